The van der Waals surface area contributed by atoms with Crippen LogP contribution in [0.3, 0.4) is 0 Å². The summed E-state index contributed by atoms with van der Waals surface area (Å²) < 4.78 is 28.0. The number of hydrogen-bond donors (Lipinski definition) is 1. The van der Waals surface area contributed by atoms with Gasteiger partial charge in [0.1, 0.15) is 10.7 Å². The number of halogens is 1. The summed E-state index contributed by atoms with van der Waals surface area (Å²) in [6, 6.07) is 9.62. The lowest BCUT2D eigenvalue weighted by atomic mass is 10.1. The molecule has 0 aliphatic rings. The summed E-state index contributed by atoms with van der Waals surface area (Å²) >= 11 is 6.06. The smallest absolute Gasteiger partial charge is 0.232 e. The van der Waals surface area contributed by atoms with Crippen LogP contribution in [0.1, 0.15) is 18.1 Å². The van der Waals surface area contributed by atoms with Crippen molar-refractivity contribution in [2.24, 2.45) is 0 Å². The summed E-state index contributed by atoms with van der Waals surface area (Å²) in [4.78, 5) is 8.60. The molecule has 6 nitrogen and oxygen atoms in total. The van der Waals surface area contributed by atoms with E-state index in [2.05, 4.69) is 14.7 Å². The van der Waals surface area contributed by atoms with Crippen LogP contribution in [0, 0.1) is 6.92 Å². The molecule has 1 N–H and O–H groups in total. The van der Waals surface area contributed by atoms with Gasteiger partial charge >= 0.3 is 0 Å². The third kappa shape index (κ3) is 3.52. The Balaban J connectivity index is 2.02. The van der Waals surface area contributed by atoms with Gasteiger partial charge in [0.15, 0.2) is 5.65 Å². The van der Waals surface area contributed by atoms with Gasteiger partial charge in [0, 0.05) is 6.07 Å². The number of aromatic nitrogens is 3. The Labute approximate surface area is 145 Å². The molecule has 0 aliphatic heterocycles. The molecule has 2 heterocycles. The molecule has 24 heavy (non-hydrogen) atoms. The maximum Gasteiger partial charge on any atom is 0.232 e. The van der Waals surface area contributed by atoms with Crippen molar-refractivity contribution < 1.29 is 8.42 Å². The fraction of sp³-hybridized carbons (Fsp3) is 0.250. The summed E-state index contributed by atoms with van der Waals surface area (Å²) in [7, 11) is -3.42. The molecule has 1 aromatic carbocycles. The van der Waals surface area contributed by atoms with Gasteiger partial charge in [-0.15, -0.1) is 0 Å². The second kappa shape index (κ2) is 6.41. The number of fused-ring (bicyclic) bond motifs is 1. The second-order valence-corrected chi connectivity index (χ2v) is 7.93. The molecular weight excluding hydrogens is 348 g/mol. The Kier molecular flexibility index (Phi) is 4.47. The minimum absolute atomic E-state index is 0.0293. The van der Waals surface area contributed by atoms with Gasteiger partial charge in [0.2, 0.25) is 10.0 Å². The van der Waals surface area contributed by atoms with Crippen molar-refractivity contribution in [1.29, 1.82) is 0 Å². The number of nitrogens with zero attached hydrogens (tertiary/aromatic N) is 3. The first-order valence-corrected chi connectivity index (χ1v) is 9.48. The molecule has 0 unspecified atom stereocenters. The van der Waals surface area contributed by atoms with Crippen molar-refractivity contribution in [3.05, 3.63) is 52.9 Å². The quantitative estimate of drug-likeness (QED) is 0.705. The molecule has 0 atom stereocenters. The summed E-state index contributed by atoms with van der Waals surface area (Å²) in [6.45, 7) is 4.17. The van der Waals surface area contributed by atoms with Gasteiger partial charge in [-0.3, -0.25) is 4.72 Å². The first-order chi connectivity index (χ1) is 11.4. The predicted octanol–water partition coefficient (Wildman–Crippen LogP) is 3.20. The van der Waals surface area contributed by atoms with Crippen LogP contribution in [-0.2, 0) is 16.6 Å². The summed E-state index contributed by atoms with van der Waals surface area (Å²) in [6.07, 6.45) is 1.64. The highest BCUT2D eigenvalue weighted by Gasteiger charge is 2.15. The molecule has 0 aliphatic carbocycles. The van der Waals surface area contributed by atoms with E-state index in [1.54, 1.807) is 13.3 Å². The third-order valence-electron chi connectivity index (χ3n) is 3.66. The topological polar surface area (TPSA) is 76.9 Å². The highest BCUT2D eigenvalue weighted by Crippen LogP contribution is 2.25. The Morgan fingerprint density at radius 2 is 1.96 bits per heavy atom. The monoisotopic (exact) mass is 364 g/mol. The number of pyridine rings is 1. The van der Waals surface area contributed by atoms with Crippen LogP contribution in [0.5, 0.6) is 0 Å². The summed E-state index contributed by atoms with van der Waals surface area (Å²) in [5, 5.41) is 0.210. The van der Waals surface area contributed by atoms with Crippen LogP contribution >= 0.6 is 11.6 Å². The van der Waals surface area contributed by atoms with Crippen LogP contribution in [0.15, 0.2) is 36.7 Å². The minimum Gasteiger partial charge on any atom is -0.311 e. The molecular formula is C16H17ClN4O2S. The fourth-order valence-electron chi connectivity index (χ4n) is 2.33. The van der Waals surface area contributed by atoms with E-state index < -0.39 is 10.0 Å². The number of anilines is 1. The zero-order valence-corrected chi connectivity index (χ0v) is 14.9. The lowest BCUT2D eigenvalue weighted by Crippen LogP contribution is -2.15. The lowest BCUT2D eigenvalue weighted by molar-refractivity contribution is 0.602. The van der Waals surface area contributed by atoms with E-state index in [1.165, 1.54) is 11.6 Å². The third-order valence-corrected chi connectivity index (χ3v) is 5.14. The van der Waals surface area contributed by atoms with Crippen LogP contribution in [0.25, 0.3) is 11.2 Å². The van der Waals surface area contributed by atoms with E-state index >= 15 is 0 Å². The fourth-order valence-corrected chi connectivity index (χ4v) is 3.15. The van der Waals surface area contributed by atoms with Crippen LogP contribution in [0.4, 0.5) is 5.69 Å². The number of hydrogen-bond acceptors (Lipinski definition) is 4. The summed E-state index contributed by atoms with van der Waals surface area (Å²) in [5.74, 6) is -0.0293. The van der Waals surface area contributed by atoms with Gasteiger partial charge in [-0.25, -0.2) is 18.4 Å². The van der Waals surface area contributed by atoms with Crippen LogP contribution < -0.4 is 4.72 Å². The zero-order chi connectivity index (χ0) is 17.3. The molecule has 0 amide bonds. The average Bonchev–Trinajstić information content (AvgIpc) is 2.92. The number of benzene rings is 1. The molecule has 2 aromatic heterocycles. The number of nitrogens with one attached hydrogen (secondary N) is 1. The molecule has 0 saturated heterocycles. The predicted molar refractivity (Wildman–Crippen MR) is 95.9 cm³/mol. The molecule has 0 fully saturated rings. The summed E-state index contributed by atoms with van der Waals surface area (Å²) in [5.41, 5.74) is 3.64. The molecule has 3 aromatic rings. The van der Waals surface area contributed by atoms with Crippen molar-refractivity contribution >= 4 is 38.5 Å². The maximum absolute atomic E-state index is 11.8. The number of rotatable bonds is 5. The molecule has 126 valence electrons. The van der Waals surface area contributed by atoms with Crippen molar-refractivity contribution in [2.75, 3.05) is 10.5 Å². The molecule has 0 saturated carbocycles. The Bertz CT molecular complexity index is 981. The maximum atomic E-state index is 11.8. The number of sulfonamides is 1. The van der Waals surface area contributed by atoms with Gasteiger partial charge < -0.3 is 4.57 Å². The van der Waals surface area contributed by atoms with Crippen molar-refractivity contribution in [3.8, 4) is 0 Å². The SMILES string of the molecule is CCS(=O)(=O)Nc1cc(Cl)nc2c1ncn2Cc1ccc(C)cc1. The lowest BCUT2D eigenvalue weighted by Gasteiger charge is -2.08. The Hall–Kier alpha value is -2.12. The van der Waals surface area contributed by atoms with Gasteiger partial charge in [0.25, 0.3) is 0 Å². The number of aryl methyl sites for hydroxylation is 1. The van der Waals surface area contributed by atoms with Crippen LogP contribution in [-0.4, -0.2) is 28.7 Å². The van der Waals surface area contributed by atoms with Crippen molar-refractivity contribution in [1.82, 2.24) is 14.5 Å². The first-order valence-electron chi connectivity index (χ1n) is 7.45. The van der Waals surface area contributed by atoms with Crippen LogP contribution in [0.2, 0.25) is 5.15 Å². The Morgan fingerprint density at radius 1 is 1.25 bits per heavy atom. The van der Waals surface area contributed by atoms with Crippen molar-refractivity contribution in [2.45, 2.75) is 20.4 Å². The largest absolute Gasteiger partial charge is 0.311 e. The van der Waals surface area contributed by atoms with E-state index in [0.717, 1.165) is 5.56 Å². The molecule has 3 rings (SSSR count). The molecule has 0 spiro atoms. The first kappa shape index (κ1) is 16.7. The zero-order valence-electron chi connectivity index (χ0n) is 13.3. The van der Waals surface area contributed by atoms with E-state index in [9.17, 15) is 8.42 Å². The van der Waals surface area contributed by atoms with E-state index in [0.29, 0.717) is 23.4 Å². The van der Waals surface area contributed by atoms with Gasteiger partial charge in [-0.2, -0.15) is 0 Å². The highest BCUT2D eigenvalue weighted by atomic mass is 35.5. The molecule has 8 heteroatoms. The van der Waals surface area contributed by atoms with Gasteiger partial charge in [0.05, 0.1) is 24.3 Å². The minimum atomic E-state index is -3.42. The van der Waals surface area contributed by atoms with E-state index in [4.69, 9.17) is 11.6 Å². The van der Waals surface area contributed by atoms with E-state index in [1.807, 2.05) is 35.8 Å². The number of imidazole rings is 1. The molecule has 0 bridgehead atoms. The van der Waals surface area contributed by atoms with Gasteiger partial charge in [-0.05, 0) is 19.4 Å². The normalized spacial score (nSPS) is 11.8. The second-order valence-electron chi connectivity index (χ2n) is 5.53. The van der Waals surface area contributed by atoms with Gasteiger partial charge in [-0.1, -0.05) is 41.4 Å². The highest BCUT2D eigenvalue weighted by molar-refractivity contribution is 7.92. The standard InChI is InChI=1S/C16H17ClN4O2S/c1-3-24(22,23)20-13-8-14(17)19-16-15(13)18-10-21(16)9-12-6-4-11(2)5-7-12/h4-8,10H,3,9H2,1-2H3,(H,19,20). The Morgan fingerprint density at radius 3 is 2.62 bits per heavy atom. The van der Waals surface area contributed by atoms with E-state index in [-0.39, 0.29) is 10.9 Å². The van der Waals surface area contributed by atoms with Crippen molar-refractivity contribution in [3.63, 3.8) is 0 Å². The average molecular weight is 365 g/mol. The molecule has 0 radical (unpaired) electrons.